The second-order valence-corrected chi connectivity index (χ2v) is 9.01. The molecule has 2 N–H and O–H groups in total. The Bertz CT molecular complexity index is 1030. The molecular formula is C27H33N3O. The summed E-state index contributed by atoms with van der Waals surface area (Å²) >= 11 is 0. The third-order valence-corrected chi connectivity index (χ3v) is 5.97. The van der Waals surface area contributed by atoms with E-state index in [1.54, 1.807) is 0 Å². The number of ether oxygens (including phenoxy) is 1. The van der Waals surface area contributed by atoms with Gasteiger partial charge in [-0.3, -0.25) is 4.98 Å². The van der Waals surface area contributed by atoms with Crippen LogP contribution in [0.15, 0.2) is 48.8 Å². The van der Waals surface area contributed by atoms with Crippen LogP contribution in [0.2, 0.25) is 0 Å². The number of nitrogens with two attached hydrogens (primary N) is 1. The zero-order valence-electron chi connectivity index (χ0n) is 19.1. The van der Waals surface area contributed by atoms with Gasteiger partial charge in [0.15, 0.2) is 0 Å². The Morgan fingerprint density at radius 3 is 2.06 bits per heavy atom. The zero-order valence-corrected chi connectivity index (χ0v) is 19.1. The molecule has 0 aliphatic carbocycles. The lowest BCUT2D eigenvalue weighted by Gasteiger charge is -2.34. The number of hydrogen-bond donors (Lipinski definition) is 1. The van der Waals surface area contributed by atoms with E-state index in [1.165, 1.54) is 39.1 Å². The van der Waals surface area contributed by atoms with Crippen LogP contribution < -0.4 is 15.4 Å². The molecule has 0 amide bonds. The summed E-state index contributed by atoms with van der Waals surface area (Å²) in [6, 6.07) is 13.3. The molecule has 1 saturated heterocycles. The van der Waals surface area contributed by atoms with Crippen molar-refractivity contribution in [1.29, 1.82) is 0 Å². The van der Waals surface area contributed by atoms with Gasteiger partial charge in [0.25, 0.3) is 0 Å². The summed E-state index contributed by atoms with van der Waals surface area (Å²) in [4.78, 5) is 7.08. The number of nitrogens with zero attached hydrogens (tertiary/aromatic N) is 2. The highest BCUT2D eigenvalue weighted by atomic mass is 16.5. The molecule has 1 aromatic heterocycles. The molecule has 0 spiro atoms. The first-order valence-electron chi connectivity index (χ1n) is 11.2. The second-order valence-electron chi connectivity index (χ2n) is 9.01. The molecule has 31 heavy (non-hydrogen) atoms. The third-order valence-electron chi connectivity index (χ3n) is 5.97. The van der Waals surface area contributed by atoms with E-state index in [1.807, 2.05) is 12.4 Å². The van der Waals surface area contributed by atoms with Gasteiger partial charge >= 0.3 is 0 Å². The lowest BCUT2D eigenvalue weighted by atomic mass is 9.96. The van der Waals surface area contributed by atoms with E-state index in [0.29, 0.717) is 6.61 Å². The van der Waals surface area contributed by atoms with Gasteiger partial charge in [0, 0.05) is 42.7 Å². The average molecular weight is 416 g/mol. The highest BCUT2D eigenvalue weighted by Gasteiger charge is 2.23. The number of hydrogen-bond acceptors (Lipinski definition) is 4. The molecule has 1 fully saturated rings. The van der Waals surface area contributed by atoms with E-state index in [2.05, 4.69) is 74.0 Å². The normalized spacial score (nSPS) is 14.7. The van der Waals surface area contributed by atoms with Crippen molar-refractivity contribution >= 4 is 5.69 Å². The summed E-state index contributed by atoms with van der Waals surface area (Å²) in [6.45, 7) is 10.9. The monoisotopic (exact) mass is 415 g/mol. The fraction of sp³-hybridized carbons (Fsp3) is 0.370. The molecular weight excluding hydrogens is 382 g/mol. The topological polar surface area (TPSA) is 51.4 Å². The average Bonchev–Trinajstić information content (AvgIpc) is 2.71. The summed E-state index contributed by atoms with van der Waals surface area (Å²) in [7, 11) is 0. The van der Waals surface area contributed by atoms with Gasteiger partial charge in [-0.1, -0.05) is 35.4 Å². The zero-order chi connectivity index (χ0) is 22.0. The maximum atomic E-state index is 6.25. The predicted octanol–water partition coefficient (Wildman–Crippen LogP) is 5.49. The number of anilines is 1. The van der Waals surface area contributed by atoms with Crippen molar-refractivity contribution in [2.24, 2.45) is 5.73 Å². The first kappa shape index (κ1) is 21.4. The Labute approximate surface area is 186 Å². The number of aromatic nitrogens is 1. The molecule has 0 unspecified atom stereocenters. The van der Waals surface area contributed by atoms with Gasteiger partial charge in [0.05, 0.1) is 5.69 Å². The van der Waals surface area contributed by atoms with Gasteiger partial charge in [-0.05, 0) is 69.4 Å². The van der Waals surface area contributed by atoms with E-state index in [0.717, 1.165) is 37.2 Å². The predicted molar refractivity (Wildman–Crippen MR) is 129 cm³/mol. The number of benzene rings is 2. The van der Waals surface area contributed by atoms with Gasteiger partial charge in [0.2, 0.25) is 0 Å². The third kappa shape index (κ3) is 5.08. The Morgan fingerprint density at radius 2 is 1.45 bits per heavy atom. The summed E-state index contributed by atoms with van der Waals surface area (Å²) in [5.74, 6) is 0.904. The van der Waals surface area contributed by atoms with E-state index in [4.69, 9.17) is 10.5 Å². The minimum absolute atomic E-state index is 0.290. The van der Waals surface area contributed by atoms with Crippen LogP contribution in [0.3, 0.4) is 0 Å². The summed E-state index contributed by atoms with van der Waals surface area (Å²) < 4.78 is 6.25. The molecule has 4 heteroatoms. The largest absolute Gasteiger partial charge is 0.489 e. The van der Waals surface area contributed by atoms with Crippen LogP contribution in [-0.4, -0.2) is 24.1 Å². The van der Waals surface area contributed by atoms with Crippen molar-refractivity contribution < 1.29 is 4.74 Å². The molecule has 1 aliphatic rings. The lowest BCUT2D eigenvalue weighted by Crippen LogP contribution is -2.40. The van der Waals surface area contributed by atoms with Crippen molar-refractivity contribution in [2.75, 3.05) is 18.0 Å². The van der Waals surface area contributed by atoms with Crippen LogP contribution >= 0.6 is 0 Å². The highest BCUT2D eigenvalue weighted by molar-refractivity contribution is 5.81. The molecule has 1 aliphatic heterocycles. The van der Waals surface area contributed by atoms with Gasteiger partial charge < -0.3 is 15.4 Å². The van der Waals surface area contributed by atoms with Crippen LogP contribution in [-0.2, 0) is 6.61 Å². The number of piperidine rings is 1. The van der Waals surface area contributed by atoms with E-state index < -0.39 is 0 Å². The molecule has 0 saturated carbocycles. The number of pyridine rings is 1. The maximum Gasteiger partial charge on any atom is 0.120 e. The molecule has 4 nitrogen and oxygen atoms in total. The summed E-state index contributed by atoms with van der Waals surface area (Å²) in [6.07, 6.45) is 5.97. The number of aryl methyl sites for hydroxylation is 4. The van der Waals surface area contributed by atoms with Crippen molar-refractivity contribution in [3.8, 4) is 16.9 Å². The van der Waals surface area contributed by atoms with Crippen LogP contribution in [0.4, 0.5) is 5.69 Å². The standard InChI is InChI=1S/C27H33N3O/c1-18-9-19(2)12-22(11-18)26-16-29-15-23(27(26)30-7-5-24(28)6-8-30)17-31-25-13-20(3)10-21(4)14-25/h9-16,24H,5-8,17,28H2,1-4H3. The summed E-state index contributed by atoms with van der Waals surface area (Å²) in [5.41, 5.74) is 15.9. The number of rotatable bonds is 5. The van der Waals surface area contributed by atoms with E-state index >= 15 is 0 Å². The Hall–Kier alpha value is -2.85. The fourth-order valence-electron chi connectivity index (χ4n) is 4.62. The van der Waals surface area contributed by atoms with Gasteiger partial charge in [-0.25, -0.2) is 0 Å². The Morgan fingerprint density at radius 1 is 0.871 bits per heavy atom. The molecule has 0 bridgehead atoms. The molecule has 2 heterocycles. The second kappa shape index (κ2) is 9.11. The summed E-state index contributed by atoms with van der Waals surface area (Å²) in [5, 5.41) is 0. The van der Waals surface area contributed by atoms with Crippen molar-refractivity contribution in [3.63, 3.8) is 0 Å². The van der Waals surface area contributed by atoms with E-state index in [-0.39, 0.29) is 6.04 Å². The molecule has 0 radical (unpaired) electrons. The minimum Gasteiger partial charge on any atom is -0.489 e. The van der Waals surface area contributed by atoms with Gasteiger partial charge in [-0.2, -0.15) is 0 Å². The quantitative estimate of drug-likeness (QED) is 0.599. The van der Waals surface area contributed by atoms with E-state index in [9.17, 15) is 0 Å². The maximum absolute atomic E-state index is 6.25. The fourth-order valence-corrected chi connectivity index (χ4v) is 4.62. The van der Waals surface area contributed by atoms with Gasteiger partial charge in [-0.15, -0.1) is 0 Å². The molecule has 2 aromatic carbocycles. The van der Waals surface area contributed by atoms with Gasteiger partial charge in [0.1, 0.15) is 12.4 Å². The minimum atomic E-state index is 0.290. The SMILES string of the molecule is Cc1cc(C)cc(OCc2cncc(-c3cc(C)cc(C)c3)c2N2CCC(N)CC2)c1. The highest BCUT2D eigenvalue weighted by Crippen LogP contribution is 2.36. The Kier molecular flexibility index (Phi) is 6.28. The molecule has 4 rings (SSSR count). The first-order chi connectivity index (χ1) is 14.9. The van der Waals surface area contributed by atoms with Crippen LogP contribution in [0.25, 0.3) is 11.1 Å². The first-order valence-corrected chi connectivity index (χ1v) is 11.2. The van der Waals surface area contributed by atoms with Crippen molar-refractivity contribution in [1.82, 2.24) is 4.98 Å². The van der Waals surface area contributed by atoms with Crippen molar-refractivity contribution in [2.45, 2.75) is 53.2 Å². The van der Waals surface area contributed by atoms with Crippen LogP contribution in [0.1, 0.15) is 40.7 Å². The molecule has 0 atom stereocenters. The van der Waals surface area contributed by atoms with Crippen LogP contribution in [0.5, 0.6) is 5.75 Å². The molecule has 162 valence electrons. The smallest absolute Gasteiger partial charge is 0.120 e. The lowest BCUT2D eigenvalue weighted by molar-refractivity contribution is 0.305. The Balaban J connectivity index is 1.73. The molecule has 3 aromatic rings. The van der Waals surface area contributed by atoms with Crippen LogP contribution in [0, 0.1) is 27.7 Å². The van der Waals surface area contributed by atoms with Crippen molar-refractivity contribution in [3.05, 3.63) is 76.6 Å².